The summed E-state index contributed by atoms with van der Waals surface area (Å²) in [5.41, 5.74) is 15.4. The second kappa shape index (κ2) is 9.15. The Morgan fingerprint density at radius 2 is 1.20 bits per heavy atom. The lowest BCUT2D eigenvalue weighted by Crippen LogP contribution is -2.53. The van der Waals surface area contributed by atoms with Crippen molar-refractivity contribution in [2.75, 3.05) is 19.6 Å². The van der Waals surface area contributed by atoms with Crippen LogP contribution in [0.25, 0.3) is 0 Å². The molecular weight excluding hydrogens is 273 g/mol. The highest BCUT2D eigenvalue weighted by Gasteiger charge is 2.43. The molecule has 0 spiro atoms. The third kappa shape index (κ3) is 7.06. The summed E-state index contributed by atoms with van der Waals surface area (Å²) in [6.45, 7) is 1.07. The Kier molecular flexibility index (Phi) is 8.75. The van der Waals surface area contributed by atoms with Crippen LogP contribution in [0.1, 0.15) is 38.5 Å². The third-order valence-electron chi connectivity index (χ3n) is 3.21. The Bertz CT molecular complexity index is 263. The predicted molar refractivity (Wildman–Crippen MR) is 71.8 cm³/mol. The van der Waals surface area contributed by atoms with Crippen molar-refractivity contribution in [3.8, 4) is 0 Å². The van der Waals surface area contributed by atoms with Gasteiger partial charge in [0.05, 0.1) is 0 Å². The fourth-order valence-electron chi connectivity index (χ4n) is 2.20. The number of nitrogens with two attached hydrogens (primary N) is 3. The molecule has 0 aromatic heterocycles. The molecule has 0 aliphatic rings. The zero-order valence-electron chi connectivity index (χ0n) is 11.6. The Hall–Kier alpha value is -0.860. The molecule has 0 aliphatic carbocycles. The molecule has 0 rings (SSSR count). The van der Waals surface area contributed by atoms with E-state index < -0.39 is 17.6 Å². The molecule has 5 nitrogen and oxygen atoms in total. The van der Waals surface area contributed by atoms with Gasteiger partial charge in [-0.1, -0.05) is 0 Å². The normalized spacial score (nSPS) is 12.5. The SMILES string of the molecule is NCCCC(CCCN)(CCCN)NC(=O)C(F)(F)F. The molecule has 20 heavy (non-hydrogen) atoms. The molecular formula is C12H25F3N4O. The number of carbonyl (C=O) groups is 1. The maximum Gasteiger partial charge on any atom is 0.471 e. The summed E-state index contributed by atoms with van der Waals surface area (Å²) in [4.78, 5) is 11.2. The Morgan fingerprint density at radius 3 is 1.45 bits per heavy atom. The lowest BCUT2D eigenvalue weighted by molar-refractivity contribution is -0.176. The van der Waals surface area contributed by atoms with E-state index in [0.29, 0.717) is 58.2 Å². The van der Waals surface area contributed by atoms with Gasteiger partial charge in [0.1, 0.15) is 0 Å². The number of carbonyl (C=O) groups excluding carboxylic acids is 1. The molecule has 0 aliphatic heterocycles. The fourth-order valence-corrected chi connectivity index (χ4v) is 2.20. The van der Waals surface area contributed by atoms with Crippen LogP contribution in [0.5, 0.6) is 0 Å². The number of amides is 1. The second-order valence-corrected chi connectivity index (χ2v) is 4.91. The van der Waals surface area contributed by atoms with Crippen LogP contribution >= 0.6 is 0 Å². The Labute approximate surface area is 117 Å². The van der Waals surface area contributed by atoms with Gasteiger partial charge in [-0.15, -0.1) is 0 Å². The van der Waals surface area contributed by atoms with Gasteiger partial charge in [-0.2, -0.15) is 13.2 Å². The van der Waals surface area contributed by atoms with E-state index in [0.717, 1.165) is 0 Å². The molecule has 1 amide bonds. The van der Waals surface area contributed by atoms with Crippen LogP contribution in [0.15, 0.2) is 0 Å². The maximum atomic E-state index is 12.5. The first-order valence-electron chi connectivity index (χ1n) is 6.81. The van der Waals surface area contributed by atoms with E-state index in [9.17, 15) is 18.0 Å². The topological polar surface area (TPSA) is 107 Å². The molecule has 0 aromatic carbocycles. The zero-order valence-corrected chi connectivity index (χ0v) is 11.6. The van der Waals surface area contributed by atoms with Gasteiger partial charge in [-0.3, -0.25) is 4.79 Å². The van der Waals surface area contributed by atoms with Crippen LogP contribution in [0.2, 0.25) is 0 Å². The molecule has 8 heteroatoms. The number of nitrogens with one attached hydrogen (secondary N) is 1. The van der Waals surface area contributed by atoms with Crippen LogP contribution in [0, 0.1) is 0 Å². The minimum atomic E-state index is -4.89. The summed E-state index contributed by atoms with van der Waals surface area (Å²) < 4.78 is 37.4. The van der Waals surface area contributed by atoms with E-state index in [-0.39, 0.29) is 0 Å². The molecule has 0 bridgehead atoms. The smallest absolute Gasteiger partial charge is 0.343 e. The van der Waals surface area contributed by atoms with Gasteiger partial charge < -0.3 is 22.5 Å². The van der Waals surface area contributed by atoms with Crippen LogP contribution in [-0.4, -0.2) is 37.3 Å². The Morgan fingerprint density at radius 1 is 0.850 bits per heavy atom. The van der Waals surface area contributed by atoms with Crippen molar-refractivity contribution < 1.29 is 18.0 Å². The molecule has 0 fully saturated rings. The van der Waals surface area contributed by atoms with Crippen molar-refractivity contribution in [1.82, 2.24) is 5.32 Å². The van der Waals surface area contributed by atoms with E-state index in [1.54, 1.807) is 0 Å². The maximum absolute atomic E-state index is 12.5. The van der Waals surface area contributed by atoms with Crippen LogP contribution in [0.4, 0.5) is 13.2 Å². The van der Waals surface area contributed by atoms with E-state index in [1.165, 1.54) is 0 Å². The summed E-state index contributed by atoms with van der Waals surface area (Å²) in [7, 11) is 0. The van der Waals surface area contributed by atoms with Gasteiger partial charge in [-0.25, -0.2) is 0 Å². The van der Waals surface area contributed by atoms with Crippen molar-refractivity contribution in [3.63, 3.8) is 0 Å². The number of rotatable bonds is 10. The first-order valence-corrected chi connectivity index (χ1v) is 6.81. The van der Waals surface area contributed by atoms with Gasteiger partial charge in [0.25, 0.3) is 0 Å². The summed E-state index contributed by atoms with van der Waals surface area (Å²) in [6.07, 6.45) is -2.10. The van der Waals surface area contributed by atoms with E-state index >= 15 is 0 Å². The number of hydrogen-bond acceptors (Lipinski definition) is 4. The monoisotopic (exact) mass is 298 g/mol. The van der Waals surface area contributed by atoms with Crippen molar-refractivity contribution >= 4 is 5.91 Å². The van der Waals surface area contributed by atoms with Gasteiger partial charge in [0.15, 0.2) is 0 Å². The van der Waals surface area contributed by atoms with Crippen molar-refractivity contribution in [1.29, 1.82) is 0 Å². The molecule has 0 heterocycles. The number of alkyl halides is 3. The first kappa shape index (κ1) is 19.1. The summed E-state index contributed by atoms with van der Waals surface area (Å²) in [5.74, 6) is -1.91. The number of halogens is 3. The average molecular weight is 298 g/mol. The minimum absolute atomic E-state index is 0.356. The average Bonchev–Trinajstić information content (AvgIpc) is 2.39. The summed E-state index contributed by atoms with van der Waals surface area (Å²) in [6, 6.07) is 0. The van der Waals surface area contributed by atoms with Gasteiger partial charge in [0.2, 0.25) is 0 Å². The highest BCUT2D eigenvalue weighted by atomic mass is 19.4. The lowest BCUT2D eigenvalue weighted by atomic mass is 9.83. The summed E-state index contributed by atoms with van der Waals surface area (Å²) >= 11 is 0. The van der Waals surface area contributed by atoms with Crippen molar-refractivity contribution in [3.05, 3.63) is 0 Å². The molecule has 0 atom stereocenters. The van der Waals surface area contributed by atoms with Crippen LogP contribution < -0.4 is 22.5 Å². The molecule has 0 saturated heterocycles. The molecule has 7 N–H and O–H groups in total. The molecule has 0 unspecified atom stereocenters. The van der Waals surface area contributed by atoms with Gasteiger partial charge in [-0.05, 0) is 58.2 Å². The molecule has 120 valence electrons. The van der Waals surface area contributed by atoms with E-state index in [4.69, 9.17) is 17.2 Å². The highest BCUT2D eigenvalue weighted by molar-refractivity contribution is 5.82. The largest absolute Gasteiger partial charge is 0.471 e. The first-order chi connectivity index (χ1) is 9.31. The number of hydrogen-bond donors (Lipinski definition) is 4. The zero-order chi connectivity index (χ0) is 15.6. The molecule has 0 aromatic rings. The summed E-state index contributed by atoms with van der Waals surface area (Å²) in [5, 5.41) is 2.14. The second-order valence-electron chi connectivity index (χ2n) is 4.91. The Balaban J connectivity index is 4.97. The fraction of sp³-hybridized carbons (Fsp3) is 0.917. The quantitative estimate of drug-likeness (QED) is 0.474. The predicted octanol–water partition coefficient (Wildman–Crippen LogP) is 0.620. The molecule has 0 saturated carbocycles. The van der Waals surface area contributed by atoms with Crippen LogP contribution in [-0.2, 0) is 4.79 Å². The van der Waals surface area contributed by atoms with Crippen molar-refractivity contribution in [2.45, 2.75) is 50.2 Å². The van der Waals surface area contributed by atoms with E-state index in [1.807, 2.05) is 0 Å². The van der Waals surface area contributed by atoms with Gasteiger partial charge in [0, 0.05) is 5.54 Å². The highest BCUT2D eigenvalue weighted by Crippen LogP contribution is 2.27. The van der Waals surface area contributed by atoms with E-state index in [2.05, 4.69) is 5.32 Å². The van der Waals surface area contributed by atoms with Gasteiger partial charge >= 0.3 is 12.1 Å². The molecule has 0 radical (unpaired) electrons. The van der Waals surface area contributed by atoms with Crippen LogP contribution in [0.3, 0.4) is 0 Å². The third-order valence-corrected chi connectivity index (χ3v) is 3.21. The lowest BCUT2D eigenvalue weighted by Gasteiger charge is -2.35. The standard InChI is InChI=1S/C12H25F3N4O/c13-12(14,15)10(20)19-11(4-1-7-16,5-2-8-17)6-3-9-18/h1-9,16-18H2,(H,19,20). The minimum Gasteiger partial charge on any atom is -0.343 e. The van der Waals surface area contributed by atoms with Crippen molar-refractivity contribution in [2.24, 2.45) is 17.2 Å².